The van der Waals surface area contributed by atoms with Gasteiger partial charge in [0, 0.05) is 25.8 Å². The van der Waals surface area contributed by atoms with E-state index in [0.29, 0.717) is 37.5 Å². The SMILES string of the molecule is COCc1ccccc1CNC(=O)[C@@H]1CCCN1C1=NS(=O)(=O)c2ccccc21. The zero-order chi connectivity index (χ0) is 20.4. The van der Waals surface area contributed by atoms with Gasteiger partial charge in [0.05, 0.1) is 6.61 Å². The summed E-state index contributed by atoms with van der Waals surface area (Å²) in [6.07, 6.45) is 1.46. The molecule has 2 aliphatic rings. The molecule has 0 radical (unpaired) electrons. The lowest BCUT2D eigenvalue weighted by molar-refractivity contribution is -0.124. The highest BCUT2D eigenvalue weighted by Crippen LogP contribution is 2.31. The topological polar surface area (TPSA) is 88.1 Å². The van der Waals surface area contributed by atoms with E-state index in [9.17, 15) is 13.2 Å². The third kappa shape index (κ3) is 3.77. The van der Waals surface area contributed by atoms with Crippen molar-refractivity contribution in [3.63, 3.8) is 0 Å². The molecule has 4 rings (SSSR count). The Balaban J connectivity index is 1.52. The molecule has 7 nitrogen and oxygen atoms in total. The van der Waals surface area contributed by atoms with Crippen molar-refractivity contribution in [1.29, 1.82) is 0 Å². The normalized spacial score (nSPS) is 19.7. The van der Waals surface area contributed by atoms with Gasteiger partial charge in [-0.2, -0.15) is 8.42 Å². The molecule has 1 amide bonds. The van der Waals surface area contributed by atoms with E-state index in [0.717, 1.165) is 17.5 Å². The Morgan fingerprint density at radius 3 is 2.69 bits per heavy atom. The summed E-state index contributed by atoms with van der Waals surface area (Å²) in [5, 5.41) is 3.00. The summed E-state index contributed by atoms with van der Waals surface area (Å²) in [4.78, 5) is 15.0. The second-order valence-corrected chi connectivity index (χ2v) is 8.73. The van der Waals surface area contributed by atoms with Crippen molar-refractivity contribution in [2.75, 3.05) is 13.7 Å². The number of fused-ring (bicyclic) bond motifs is 1. The van der Waals surface area contributed by atoms with Crippen LogP contribution in [0.15, 0.2) is 57.8 Å². The monoisotopic (exact) mass is 413 g/mol. The van der Waals surface area contributed by atoms with E-state index in [1.54, 1.807) is 31.4 Å². The lowest BCUT2D eigenvalue weighted by atomic mass is 10.1. The van der Waals surface area contributed by atoms with Crippen LogP contribution in [0.5, 0.6) is 0 Å². The maximum absolute atomic E-state index is 12.9. The Bertz CT molecular complexity index is 1070. The quantitative estimate of drug-likeness (QED) is 0.811. The number of nitrogens with zero attached hydrogens (tertiary/aromatic N) is 2. The minimum absolute atomic E-state index is 0.126. The molecule has 2 heterocycles. The van der Waals surface area contributed by atoms with Crippen LogP contribution >= 0.6 is 0 Å². The summed E-state index contributed by atoms with van der Waals surface area (Å²) >= 11 is 0. The largest absolute Gasteiger partial charge is 0.380 e. The first-order chi connectivity index (χ1) is 14.0. The van der Waals surface area contributed by atoms with Crippen LogP contribution in [-0.4, -0.2) is 44.8 Å². The Labute approximate surface area is 170 Å². The van der Waals surface area contributed by atoms with Crippen molar-refractivity contribution in [2.24, 2.45) is 4.40 Å². The number of nitrogens with one attached hydrogen (secondary N) is 1. The van der Waals surface area contributed by atoms with Gasteiger partial charge in [0.2, 0.25) is 5.91 Å². The summed E-state index contributed by atoms with van der Waals surface area (Å²) < 4.78 is 34.0. The van der Waals surface area contributed by atoms with Gasteiger partial charge in [-0.1, -0.05) is 36.4 Å². The highest BCUT2D eigenvalue weighted by atomic mass is 32.2. The second kappa shape index (κ2) is 7.96. The van der Waals surface area contributed by atoms with Crippen LogP contribution in [0.2, 0.25) is 0 Å². The molecule has 2 aliphatic heterocycles. The molecule has 152 valence electrons. The van der Waals surface area contributed by atoms with E-state index in [1.807, 2.05) is 29.2 Å². The molecule has 29 heavy (non-hydrogen) atoms. The number of carbonyl (C=O) groups is 1. The van der Waals surface area contributed by atoms with Gasteiger partial charge < -0.3 is 15.0 Å². The average molecular weight is 413 g/mol. The van der Waals surface area contributed by atoms with Crippen molar-refractivity contribution in [3.8, 4) is 0 Å². The molecule has 0 saturated carbocycles. The molecular weight excluding hydrogens is 390 g/mol. The number of rotatable bonds is 5. The van der Waals surface area contributed by atoms with E-state index in [1.165, 1.54) is 0 Å². The third-order valence-electron chi connectivity index (χ3n) is 5.31. The van der Waals surface area contributed by atoms with Gasteiger partial charge in [-0.3, -0.25) is 4.79 Å². The number of methoxy groups -OCH3 is 1. The first-order valence-corrected chi connectivity index (χ1v) is 11.0. The zero-order valence-electron chi connectivity index (χ0n) is 16.2. The average Bonchev–Trinajstić information content (AvgIpc) is 3.30. The number of hydrogen-bond acceptors (Lipinski definition) is 5. The number of amidine groups is 1. The van der Waals surface area contributed by atoms with Gasteiger partial charge in [0.25, 0.3) is 10.0 Å². The van der Waals surface area contributed by atoms with Crippen LogP contribution in [0, 0.1) is 0 Å². The number of hydrogen-bond donors (Lipinski definition) is 1. The smallest absolute Gasteiger partial charge is 0.285 e. The number of sulfonamides is 1. The standard InChI is InChI=1S/C21H23N3O4S/c1-28-14-16-8-3-2-7-15(16)13-22-21(25)18-10-6-12-24(18)20-17-9-4-5-11-19(17)29(26,27)23-20/h2-5,7-9,11,18H,6,10,12-14H2,1H3,(H,22,25)/t18-/m0/s1. The molecule has 1 saturated heterocycles. The van der Waals surface area contributed by atoms with Gasteiger partial charge >= 0.3 is 0 Å². The summed E-state index contributed by atoms with van der Waals surface area (Å²) in [5.74, 6) is 0.247. The Morgan fingerprint density at radius 2 is 1.90 bits per heavy atom. The van der Waals surface area contributed by atoms with Gasteiger partial charge in [0.1, 0.15) is 10.9 Å². The van der Waals surface area contributed by atoms with Gasteiger partial charge in [0.15, 0.2) is 5.84 Å². The van der Waals surface area contributed by atoms with Crippen LogP contribution in [0.3, 0.4) is 0 Å². The maximum atomic E-state index is 12.9. The van der Waals surface area contributed by atoms with E-state index in [-0.39, 0.29) is 10.8 Å². The minimum atomic E-state index is -3.71. The molecule has 0 unspecified atom stereocenters. The number of likely N-dealkylation sites (tertiary alicyclic amines) is 1. The first-order valence-electron chi connectivity index (χ1n) is 9.56. The van der Waals surface area contributed by atoms with Crippen molar-refractivity contribution in [2.45, 2.75) is 36.9 Å². The molecule has 1 N–H and O–H groups in total. The fraction of sp³-hybridized carbons (Fsp3) is 0.333. The molecule has 2 aromatic rings. The fourth-order valence-electron chi connectivity index (χ4n) is 3.91. The van der Waals surface area contributed by atoms with Crippen LogP contribution in [0.1, 0.15) is 29.5 Å². The Morgan fingerprint density at radius 1 is 1.17 bits per heavy atom. The molecule has 0 aromatic heterocycles. The lowest BCUT2D eigenvalue weighted by Crippen LogP contribution is -2.45. The van der Waals surface area contributed by atoms with Gasteiger partial charge in [-0.05, 0) is 36.1 Å². The van der Waals surface area contributed by atoms with Crippen molar-refractivity contribution in [3.05, 3.63) is 65.2 Å². The van der Waals surface area contributed by atoms with Crippen LogP contribution < -0.4 is 5.32 Å². The van der Waals surface area contributed by atoms with Gasteiger partial charge in [-0.25, -0.2) is 0 Å². The summed E-state index contributed by atoms with van der Waals surface area (Å²) in [6, 6.07) is 14.1. The zero-order valence-corrected chi connectivity index (χ0v) is 17.0. The third-order valence-corrected chi connectivity index (χ3v) is 6.64. The van der Waals surface area contributed by atoms with Crippen molar-refractivity contribution in [1.82, 2.24) is 10.2 Å². The number of carbonyl (C=O) groups excluding carboxylic acids is 1. The van der Waals surface area contributed by atoms with E-state index in [4.69, 9.17) is 4.74 Å². The van der Waals surface area contributed by atoms with Crippen molar-refractivity contribution < 1.29 is 17.9 Å². The minimum Gasteiger partial charge on any atom is -0.380 e. The highest BCUT2D eigenvalue weighted by molar-refractivity contribution is 7.90. The lowest BCUT2D eigenvalue weighted by Gasteiger charge is -2.25. The number of ether oxygens (including phenoxy) is 1. The van der Waals surface area contributed by atoms with Crippen LogP contribution in [-0.2, 0) is 32.7 Å². The maximum Gasteiger partial charge on any atom is 0.285 e. The van der Waals surface area contributed by atoms with Crippen LogP contribution in [0.25, 0.3) is 0 Å². The predicted molar refractivity (Wildman–Crippen MR) is 109 cm³/mol. The molecule has 0 aliphatic carbocycles. The Kier molecular flexibility index (Phi) is 5.38. The second-order valence-electron chi connectivity index (χ2n) is 7.16. The number of benzene rings is 2. The first kappa shape index (κ1) is 19.6. The summed E-state index contributed by atoms with van der Waals surface area (Å²) in [7, 11) is -2.07. The molecule has 1 atom stereocenters. The molecule has 8 heteroatoms. The van der Waals surface area contributed by atoms with E-state index >= 15 is 0 Å². The molecular formula is C21H23N3O4S. The highest BCUT2D eigenvalue weighted by Gasteiger charge is 2.39. The van der Waals surface area contributed by atoms with Gasteiger partial charge in [-0.15, -0.1) is 4.40 Å². The van der Waals surface area contributed by atoms with E-state index in [2.05, 4.69) is 9.71 Å². The van der Waals surface area contributed by atoms with Crippen LogP contribution in [0.4, 0.5) is 0 Å². The number of amides is 1. The molecule has 2 aromatic carbocycles. The molecule has 0 spiro atoms. The fourth-order valence-corrected chi connectivity index (χ4v) is 5.13. The molecule has 1 fully saturated rings. The summed E-state index contributed by atoms with van der Waals surface area (Å²) in [6.45, 7) is 1.47. The van der Waals surface area contributed by atoms with E-state index < -0.39 is 16.1 Å². The van der Waals surface area contributed by atoms with Crippen molar-refractivity contribution >= 4 is 21.8 Å². The Hall–Kier alpha value is -2.71. The molecule has 0 bridgehead atoms. The summed E-state index contributed by atoms with van der Waals surface area (Å²) in [5.41, 5.74) is 2.59. The predicted octanol–water partition coefficient (Wildman–Crippen LogP) is 2.06.